The molecule has 0 aliphatic carbocycles. The Labute approximate surface area is 142 Å². The van der Waals surface area contributed by atoms with Crippen molar-refractivity contribution in [1.82, 2.24) is 20.8 Å². The summed E-state index contributed by atoms with van der Waals surface area (Å²) in [7, 11) is 0. The first-order chi connectivity index (χ1) is 11.6. The molecule has 142 valence electrons. The Bertz CT molecular complexity index is 572. The average Bonchev–Trinajstić information content (AvgIpc) is 2.97. The van der Waals surface area contributed by atoms with Gasteiger partial charge in [0.05, 0.1) is 25.3 Å². The minimum absolute atomic E-state index is 0.0664. The molecular weight excluding hydrogens is 338 g/mol. The quantitative estimate of drug-likeness (QED) is 0.256. The number of carbonyl (C=O) groups is 3. The van der Waals surface area contributed by atoms with Gasteiger partial charge in [-0.05, 0) is 6.92 Å². The van der Waals surface area contributed by atoms with Gasteiger partial charge in [0.15, 0.2) is 5.82 Å². The number of aromatic nitrogens is 2. The molecule has 10 N–H and O–H groups in total. The van der Waals surface area contributed by atoms with E-state index in [9.17, 15) is 19.5 Å². The van der Waals surface area contributed by atoms with E-state index in [-0.39, 0.29) is 30.8 Å². The average molecular weight is 361 g/mol. The molecule has 1 heterocycles. The van der Waals surface area contributed by atoms with Gasteiger partial charge in [-0.3, -0.25) is 9.59 Å². The fourth-order valence-electron chi connectivity index (χ4n) is 1.35. The van der Waals surface area contributed by atoms with Crippen LogP contribution in [0.5, 0.6) is 0 Å². The Morgan fingerprint density at radius 2 is 1.88 bits per heavy atom. The highest BCUT2D eigenvalue weighted by Gasteiger charge is 2.23. The molecule has 0 aliphatic heterocycles. The lowest BCUT2D eigenvalue weighted by atomic mass is 10.2. The number of hydrogen-bond acceptors (Lipinski definition) is 9. The van der Waals surface area contributed by atoms with E-state index in [4.69, 9.17) is 21.1 Å². The summed E-state index contributed by atoms with van der Waals surface area (Å²) in [6.45, 7) is 2.15. The van der Waals surface area contributed by atoms with Gasteiger partial charge < -0.3 is 42.6 Å². The lowest BCUT2D eigenvalue weighted by Gasteiger charge is -2.17. The van der Waals surface area contributed by atoms with Gasteiger partial charge in [-0.25, -0.2) is 4.79 Å². The number of aliphatic hydroxyl groups is 2. The summed E-state index contributed by atoms with van der Waals surface area (Å²) in [5.74, 6) is -1.03. The van der Waals surface area contributed by atoms with Crippen molar-refractivity contribution in [3.63, 3.8) is 0 Å². The first-order valence-corrected chi connectivity index (χ1v) is 7.05. The van der Waals surface area contributed by atoms with Crippen molar-refractivity contribution < 1.29 is 29.1 Å². The van der Waals surface area contributed by atoms with Crippen LogP contribution in [0.2, 0.25) is 0 Å². The summed E-state index contributed by atoms with van der Waals surface area (Å²) in [6, 6.07) is -2.73. The highest BCUT2D eigenvalue weighted by atomic mass is 16.5. The van der Waals surface area contributed by atoms with Crippen molar-refractivity contribution in [1.29, 1.82) is 0 Å². The molecule has 0 saturated heterocycles. The van der Waals surface area contributed by atoms with Crippen molar-refractivity contribution in [2.45, 2.75) is 38.6 Å². The minimum atomic E-state index is -1.22. The second-order valence-corrected chi connectivity index (χ2v) is 4.89. The molecule has 13 heteroatoms. The maximum absolute atomic E-state index is 11.5. The maximum atomic E-state index is 11.5. The fourth-order valence-corrected chi connectivity index (χ4v) is 1.35. The normalized spacial score (nSPS) is 13.6. The SMILES string of the molecule is CC(N)=O.CC(O)C(NC(=O)NCc1nc(C(N)CO)no1)C(N)=O. The van der Waals surface area contributed by atoms with Crippen LogP contribution in [0.4, 0.5) is 4.79 Å². The second-order valence-electron chi connectivity index (χ2n) is 4.89. The van der Waals surface area contributed by atoms with E-state index in [1.165, 1.54) is 13.8 Å². The largest absolute Gasteiger partial charge is 0.394 e. The number of rotatable bonds is 7. The van der Waals surface area contributed by atoms with Gasteiger partial charge in [0.1, 0.15) is 6.04 Å². The molecule has 3 unspecified atom stereocenters. The van der Waals surface area contributed by atoms with Crippen molar-refractivity contribution >= 4 is 17.8 Å². The molecule has 0 spiro atoms. The maximum Gasteiger partial charge on any atom is 0.315 e. The number of nitrogens with one attached hydrogen (secondary N) is 2. The molecule has 0 aliphatic rings. The second kappa shape index (κ2) is 10.9. The highest BCUT2D eigenvalue weighted by Crippen LogP contribution is 2.04. The molecule has 13 nitrogen and oxygen atoms in total. The highest BCUT2D eigenvalue weighted by molar-refractivity contribution is 5.86. The van der Waals surface area contributed by atoms with Crippen LogP contribution in [0.3, 0.4) is 0 Å². The van der Waals surface area contributed by atoms with Crippen LogP contribution in [0.25, 0.3) is 0 Å². The Morgan fingerprint density at radius 3 is 2.32 bits per heavy atom. The van der Waals surface area contributed by atoms with E-state index in [0.29, 0.717) is 0 Å². The number of aliphatic hydroxyl groups excluding tert-OH is 2. The van der Waals surface area contributed by atoms with Crippen LogP contribution in [-0.2, 0) is 16.1 Å². The predicted molar refractivity (Wildman–Crippen MR) is 83.2 cm³/mol. The summed E-state index contributed by atoms with van der Waals surface area (Å²) in [5, 5.41) is 26.2. The van der Waals surface area contributed by atoms with E-state index >= 15 is 0 Å². The molecule has 1 rings (SSSR count). The van der Waals surface area contributed by atoms with E-state index < -0.39 is 30.1 Å². The zero-order valence-electron chi connectivity index (χ0n) is 13.8. The zero-order chi connectivity index (χ0) is 19.6. The van der Waals surface area contributed by atoms with E-state index in [2.05, 4.69) is 26.5 Å². The number of nitrogens with zero attached hydrogens (tertiary/aromatic N) is 2. The van der Waals surface area contributed by atoms with E-state index in [1.54, 1.807) is 0 Å². The lowest BCUT2D eigenvalue weighted by Crippen LogP contribution is -2.53. The molecule has 0 fully saturated rings. The van der Waals surface area contributed by atoms with E-state index in [0.717, 1.165) is 0 Å². The van der Waals surface area contributed by atoms with Gasteiger partial charge in [0.2, 0.25) is 17.7 Å². The van der Waals surface area contributed by atoms with E-state index in [1.807, 2.05) is 0 Å². The van der Waals surface area contributed by atoms with Crippen LogP contribution in [0, 0.1) is 0 Å². The molecule has 0 saturated carbocycles. The summed E-state index contributed by atoms with van der Waals surface area (Å²) in [6.07, 6.45) is -1.13. The molecule has 1 aromatic rings. The molecule has 25 heavy (non-hydrogen) atoms. The monoisotopic (exact) mass is 361 g/mol. The van der Waals surface area contributed by atoms with Gasteiger partial charge >= 0.3 is 6.03 Å². The Hall–Kier alpha value is -2.77. The van der Waals surface area contributed by atoms with Crippen molar-refractivity contribution in [3.8, 4) is 0 Å². The van der Waals surface area contributed by atoms with Crippen LogP contribution in [-0.4, -0.2) is 57.0 Å². The van der Waals surface area contributed by atoms with Crippen LogP contribution in [0.15, 0.2) is 4.52 Å². The standard InChI is InChI=1S/C10H18N6O5.C2H5NO/c1-4(18)7(8(12)19)15-10(20)13-2-6-14-9(16-21-6)5(11)3-17;1-2(3)4/h4-5,7,17-18H,2-3,11H2,1H3,(H2,12,19)(H2,13,15,20);1H3,(H2,3,4). The van der Waals surface area contributed by atoms with Gasteiger partial charge in [0, 0.05) is 6.92 Å². The molecule has 3 atom stereocenters. The third-order valence-electron chi connectivity index (χ3n) is 2.49. The van der Waals surface area contributed by atoms with Crippen LogP contribution < -0.4 is 27.8 Å². The summed E-state index contributed by atoms with van der Waals surface area (Å²) >= 11 is 0. The minimum Gasteiger partial charge on any atom is -0.394 e. The zero-order valence-corrected chi connectivity index (χ0v) is 13.8. The predicted octanol–water partition coefficient (Wildman–Crippen LogP) is -3.41. The molecule has 4 amide bonds. The number of hydrogen-bond donors (Lipinski definition) is 7. The molecule has 0 radical (unpaired) electrons. The summed E-state index contributed by atoms with van der Waals surface area (Å²) in [4.78, 5) is 35.6. The lowest BCUT2D eigenvalue weighted by molar-refractivity contribution is -0.122. The number of primary amides is 2. The third kappa shape index (κ3) is 9.19. The Balaban J connectivity index is 0.00000129. The van der Waals surface area contributed by atoms with Gasteiger partial charge in [-0.2, -0.15) is 4.98 Å². The summed E-state index contributed by atoms with van der Waals surface area (Å²) < 4.78 is 4.80. The fraction of sp³-hybridized carbons (Fsp3) is 0.583. The topological polar surface area (TPSA) is 233 Å². The number of amides is 4. The van der Waals surface area contributed by atoms with Crippen molar-refractivity contribution in [3.05, 3.63) is 11.7 Å². The summed E-state index contributed by atoms with van der Waals surface area (Å²) in [5.41, 5.74) is 15.0. The van der Waals surface area contributed by atoms with Gasteiger partial charge in [-0.1, -0.05) is 5.16 Å². The molecule has 0 aromatic carbocycles. The van der Waals surface area contributed by atoms with Crippen molar-refractivity contribution in [2.75, 3.05) is 6.61 Å². The molecule has 1 aromatic heterocycles. The number of urea groups is 1. The Morgan fingerprint density at radius 1 is 1.32 bits per heavy atom. The number of carbonyl (C=O) groups excluding carboxylic acids is 3. The first-order valence-electron chi connectivity index (χ1n) is 7.05. The third-order valence-corrected chi connectivity index (χ3v) is 2.49. The number of nitrogens with two attached hydrogens (primary N) is 3. The van der Waals surface area contributed by atoms with Crippen LogP contribution >= 0.6 is 0 Å². The molecular formula is C12H23N7O6. The Kier molecular flexibility index (Phi) is 9.69. The van der Waals surface area contributed by atoms with Gasteiger partial charge in [-0.15, -0.1) is 0 Å². The molecule has 0 bridgehead atoms. The van der Waals surface area contributed by atoms with Crippen molar-refractivity contribution in [2.24, 2.45) is 17.2 Å². The van der Waals surface area contributed by atoms with Gasteiger partial charge in [0.25, 0.3) is 0 Å². The van der Waals surface area contributed by atoms with Crippen LogP contribution in [0.1, 0.15) is 31.6 Å². The smallest absolute Gasteiger partial charge is 0.315 e. The first kappa shape index (κ1) is 22.2.